The van der Waals surface area contributed by atoms with Gasteiger partial charge in [-0.3, -0.25) is 19.3 Å². The van der Waals surface area contributed by atoms with Gasteiger partial charge < -0.3 is 15.1 Å². The smallest absolute Gasteiger partial charge is 0.327 e. The first kappa shape index (κ1) is 22.6. The number of carbonyl (C=O) groups excluding carboxylic acids is 4. The van der Waals surface area contributed by atoms with E-state index in [1.807, 2.05) is 28.8 Å². The number of hydrogen-bond donors (Lipinski definition) is 1. The topological polar surface area (TPSA) is 90.0 Å². The fraction of sp³-hybridized carbons (Fsp3) is 0.565. The molecular formula is C23H30N4O4S. The van der Waals surface area contributed by atoms with Crippen molar-refractivity contribution in [1.82, 2.24) is 14.7 Å². The summed E-state index contributed by atoms with van der Waals surface area (Å²) >= 11 is 1.87. The summed E-state index contributed by atoms with van der Waals surface area (Å²) in [5, 5.41) is 2.76. The second-order valence-corrected chi connectivity index (χ2v) is 9.96. The summed E-state index contributed by atoms with van der Waals surface area (Å²) in [5.74, 6) is 1.41. The van der Waals surface area contributed by atoms with E-state index in [9.17, 15) is 19.2 Å². The standard InChI is InChI=1S/C23H30N4O4S/c1-25-22(31)27(21(30)23(25)9-3-2-4-10-23)16-19(28)24-18-7-5-17(6-8-18)15-20(29)26-11-13-32-14-12-26/h5-8H,2-4,9-16H2,1H3,(H,24,28). The van der Waals surface area contributed by atoms with E-state index >= 15 is 0 Å². The molecule has 1 saturated carbocycles. The average Bonchev–Trinajstić information content (AvgIpc) is 2.97. The largest absolute Gasteiger partial charge is 0.341 e. The van der Waals surface area contributed by atoms with Crippen LogP contribution in [0.4, 0.5) is 10.5 Å². The molecule has 2 heterocycles. The highest BCUT2D eigenvalue weighted by molar-refractivity contribution is 7.99. The molecule has 5 amide bonds. The Hall–Kier alpha value is -2.55. The minimum atomic E-state index is -0.781. The number of anilines is 1. The molecule has 0 bridgehead atoms. The van der Waals surface area contributed by atoms with Crippen molar-refractivity contribution in [3.05, 3.63) is 29.8 Å². The highest BCUT2D eigenvalue weighted by atomic mass is 32.2. The lowest BCUT2D eigenvalue weighted by Crippen LogP contribution is -2.49. The third-order valence-corrected chi connectivity index (χ3v) is 7.68. The molecule has 0 unspecified atom stereocenters. The molecular weight excluding hydrogens is 428 g/mol. The van der Waals surface area contributed by atoms with Crippen LogP contribution in [0.5, 0.6) is 0 Å². The van der Waals surface area contributed by atoms with Gasteiger partial charge in [0.1, 0.15) is 12.1 Å². The lowest BCUT2D eigenvalue weighted by atomic mass is 9.81. The number of nitrogens with one attached hydrogen (secondary N) is 1. The normalized spacial score (nSPS) is 20.7. The van der Waals surface area contributed by atoms with E-state index in [2.05, 4.69) is 5.32 Å². The lowest BCUT2D eigenvalue weighted by Gasteiger charge is -2.35. The summed E-state index contributed by atoms with van der Waals surface area (Å²) in [4.78, 5) is 55.2. The van der Waals surface area contributed by atoms with E-state index < -0.39 is 17.5 Å². The number of benzene rings is 1. The molecule has 9 heteroatoms. The quantitative estimate of drug-likeness (QED) is 0.684. The van der Waals surface area contributed by atoms with Crippen molar-refractivity contribution in [2.24, 2.45) is 0 Å². The Labute approximate surface area is 192 Å². The monoisotopic (exact) mass is 458 g/mol. The van der Waals surface area contributed by atoms with Gasteiger partial charge in [0, 0.05) is 37.3 Å². The number of amides is 5. The SMILES string of the molecule is CN1C(=O)N(CC(=O)Nc2ccc(CC(=O)N3CCSCC3)cc2)C(=O)C12CCCCC2. The second-order valence-electron chi connectivity index (χ2n) is 8.74. The van der Waals surface area contributed by atoms with Gasteiger partial charge in [-0.05, 0) is 30.5 Å². The predicted molar refractivity (Wildman–Crippen MR) is 123 cm³/mol. The molecule has 2 aliphatic heterocycles. The summed E-state index contributed by atoms with van der Waals surface area (Å²) < 4.78 is 0. The van der Waals surface area contributed by atoms with Crippen LogP contribution < -0.4 is 5.32 Å². The van der Waals surface area contributed by atoms with E-state index in [4.69, 9.17) is 0 Å². The first-order valence-corrected chi connectivity index (χ1v) is 12.4. The van der Waals surface area contributed by atoms with Gasteiger partial charge in [0.25, 0.3) is 5.91 Å². The van der Waals surface area contributed by atoms with Gasteiger partial charge >= 0.3 is 6.03 Å². The van der Waals surface area contributed by atoms with Gasteiger partial charge in [-0.25, -0.2) is 4.79 Å². The molecule has 0 aromatic heterocycles. The third-order valence-electron chi connectivity index (χ3n) is 6.74. The van der Waals surface area contributed by atoms with Gasteiger partial charge in [0.2, 0.25) is 11.8 Å². The second kappa shape index (κ2) is 9.52. The first-order valence-electron chi connectivity index (χ1n) is 11.2. The van der Waals surface area contributed by atoms with Crippen LogP contribution in [-0.4, -0.2) is 82.2 Å². The average molecular weight is 459 g/mol. The van der Waals surface area contributed by atoms with Crippen LogP contribution in [0.3, 0.4) is 0 Å². The minimum absolute atomic E-state index is 0.119. The Balaban J connectivity index is 1.32. The Morgan fingerprint density at radius 2 is 1.69 bits per heavy atom. The van der Waals surface area contributed by atoms with Gasteiger partial charge in [0.05, 0.1) is 6.42 Å². The summed E-state index contributed by atoms with van der Waals surface area (Å²) in [5.41, 5.74) is 0.675. The van der Waals surface area contributed by atoms with Crippen LogP contribution in [0.15, 0.2) is 24.3 Å². The van der Waals surface area contributed by atoms with Crippen LogP contribution >= 0.6 is 11.8 Å². The van der Waals surface area contributed by atoms with E-state index in [-0.39, 0.29) is 18.4 Å². The number of urea groups is 1. The molecule has 1 aromatic rings. The molecule has 0 radical (unpaired) electrons. The van der Waals surface area contributed by atoms with Crippen LogP contribution in [0.25, 0.3) is 0 Å². The lowest BCUT2D eigenvalue weighted by molar-refractivity contribution is -0.136. The highest BCUT2D eigenvalue weighted by Crippen LogP contribution is 2.39. The van der Waals surface area contributed by atoms with Crippen molar-refractivity contribution in [1.29, 1.82) is 0 Å². The Morgan fingerprint density at radius 3 is 2.34 bits per heavy atom. The van der Waals surface area contributed by atoms with Crippen LogP contribution in [0.2, 0.25) is 0 Å². The minimum Gasteiger partial charge on any atom is -0.341 e. The number of hydrogen-bond acceptors (Lipinski definition) is 5. The van der Waals surface area contributed by atoms with E-state index in [0.717, 1.165) is 54.3 Å². The van der Waals surface area contributed by atoms with Crippen molar-refractivity contribution >= 4 is 41.2 Å². The predicted octanol–water partition coefficient (Wildman–Crippen LogP) is 2.34. The van der Waals surface area contributed by atoms with Crippen molar-refractivity contribution in [3.8, 4) is 0 Å². The molecule has 172 valence electrons. The highest BCUT2D eigenvalue weighted by Gasteiger charge is 2.55. The number of carbonyl (C=O) groups is 4. The fourth-order valence-electron chi connectivity index (χ4n) is 4.82. The summed E-state index contributed by atoms with van der Waals surface area (Å²) in [6.45, 7) is 1.29. The van der Waals surface area contributed by atoms with Crippen molar-refractivity contribution in [2.75, 3.05) is 43.5 Å². The number of imide groups is 1. The van der Waals surface area contributed by atoms with Crippen LogP contribution in [0.1, 0.15) is 37.7 Å². The molecule has 0 atom stereocenters. The Bertz CT molecular complexity index is 892. The molecule has 2 saturated heterocycles. The molecule has 1 aromatic carbocycles. The zero-order valence-corrected chi connectivity index (χ0v) is 19.3. The number of rotatable bonds is 5. The van der Waals surface area contributed by atoms with Gasteiger partial charge in [-0.1, -0.05) is 31.4 Å². The molecule has 3 fully saturated rings. The maximum absolute atomic E-state index is 13.0. The maximum atomic E-state index is 13.0. The molecule has 8 nitrogen and oxygen atoms in total. The van der Waals surface area contributed by atoms with Gasteiger partial charge in [-0.15, -0.1) is 0 Å². The third kappa shape index (κ3) is 4.48. The van der Waals surface area contributed by atoms with E-state index in [0.29, 0.717) is 24.9 Å². The van der Waals surface area contributed by atoms with Crippen molar-refractivity contribution in [2.45, 2.75) is 44.1 Å². The molecule has 3 aliphatic rings. The number of nitrogens with zero attached hydrogens (tertiary/aromatic N) is 3. The van der Waals surface area contributed by atoms with Crippen LogP contribution in [0, 0.1) is 0 Å². The Kier molecular flexibility index (Phi) is 6.74. The Morgan fingerprint density at radius 1 is 1.03 bits per heavy atom. The number of thioether (sulfide) groups is 1. The summed E-state index contributed by atoms with van der Waals surface area (Å²) in [6.07, 6.45) is 4.54. The zero-order chi connectivity index (χ0) is 22.7. The van der Waals surface area contributed by atoms with Crippen molar-refractivity contribution in [3.63, 3.8) is 0 Å². The van der Waals surface area contributed by atoms with Crippen LogP contribution in [-0.2, 0) is 20.8 Å². The first-order chi connectivity index (χ1) is 15.4. The van der Waals surface area contributed by atoms with Crippen molar-refractivity contribution < 1.29 is 19.2 Å². The molecule has 4 rings (SSSR count). The molecule has 1 N–H and O–H groups in total. The van der Waals surface area contributed by atoms with Gasteiger partial charge in [-0.2, -0.15) is 11.8 Å². The maximum Gasteiger partial charge on any atom is 0.327 e. The van der Waals surface area contributed by atoms with E-state index in [1.54, 1.807) is 19.2 Å². The van der Waals surface area contributed by atoms with Gasteiger partial charge in [0.15, 0.2) is 0 Å². The zero-order valence-electron chi connectivity index (χ0n) is 18.5. The summed E-state index contributed by atoms with van der Waals surface area (Å²) in [7, 11) is 1.66. The van der Waals surface area contributed by atoms with E-state index in [1.165, 1.54) is 4.90 Å². The summed E-state index contributed by atoms with van der Waals surface area (Å²) in [6, 6.07) is 6.73. The fourth-order valence-corrected chi connectivity index (χ4v) is 5.72. The number of likely N-dealkylation sites (N-methyl/N-ethyl adjacent to an activating group) is 1. The molecule has 1 aliphatic carbocycles. The molecule has 1 spiro atoms. The molecule has 32 heavy (non-hydrogen) atoms.